The summed E-state index contributed by atoms with van der Waals surface area (Å²) in [5.74, 6) is 6.73. The molecule has 20 heavy (non-hydrogen) atoms. The number of nitrogens with zero attached hydrogens (tertiary/aromatic N) is 4. The molecule has 7 nitrogen and oxygen atoms in total. The Balaban J connectivity index is 2.12. The molecular weight excluding hydrogens is 256 g/mol. The molecule has 0 aliphatic heterocycles. The predicted molar refractivity (Wildman–Crippen MR) is 75.4 cm³/mol. The van der Waals surface area contributed by atoms with Gasteiger partial charge in [0.2, 0.25) is 17.7 Å². The first kappa shape index (κ1) is 12.4. The van der Waals surface area contributed by atoms with Crippen molar-refractivity contribution < 1.29 is 4.74 Å². The van der Waals surface area contributed by atoms with Crippen molar-refractivity contribution in [2.75, 3.05) is 5.43 Å². The van der Waals surface area contributed by atoms with Crippen molar-refractivity contribution in [2.24, 2.45) is 12.9 Å². The van der Waals surface area contributed by atoms with Crippen LogP contribution in [0.25, 0.3) is 10.9 Å². The van der Waals surface area contributed by atoms with Gasteiger partial charge in [-0.1, -0.05) is 12.1 Å². The van der Waals surface area contributed by atoms with Crippen molar-refractivity contribution >= 4 is 16.9 Å². The average Bonchev–Trinajstić information content (AvgIpc) is 2.76. The van der Waals surface area contributed by atoms with Gasteiger partial charge in [0.05, 0.1) is 16.6 Å². The van der Waals surface area contributed by atoms with Crippen LogP contribution in [0.2, 0.25) is 0 Å². The van der Waals surface area contributed by atoms with Crippen LogP contribution in [0.15, 0.2) is 30.3 Å². The fourth-order valence-corrected chi connectivity index (χ4v) is 1.97. The van der Waals surface area contributed by atoms with Crippen LogP contribution >= 0.6 is 0 Å². The lowest BCUT2D eigenvalue weighted by atomic mass is 10.2. The van der Waals surface area contributed by atoms with Crippen LogP contribution in [0.5, 0.6) is 11.8 Å². The average molecular weight is 270 g/mol. The molecule has 2 heterocycles. The van der Waals surface area contributed by atoms with Crippen molar-refractivity contribution in [1.82, 2.24) is 19.7 Å². The second kappa shape index (κ2) is 4.78. The first-order valence-electron chi connectivity index (χ1n) is 6.09. The van der Waals surface area contributed by atoms with Crippen LogP contribution in [0.3, 0.4) is 0 Å². The maximum absolute atomic E-state index is 5.84. The Morgan fingerprint density at radius 2 is 2.05 bits per heavy atom. The maximum atomic E-state index is 5.84. The molecule has 0 bridgehead atoms. The fourth-order valence-electron chi connectivity index (χ4n) is 1.97. The molecule has 0 amide bonds. The summed E-state index contributed by atoms with van der Waals surface area (Å²) in [7, 11) is 1.81. The Labute approximate surface area is 115 Å². The number of aryl methyl sites for hydroxylation is 2. The van der Waals surface area contributed by atoms with Gasteiger partial charge >= 0.3 is 0 Å². The van der Waals surface area contributed by atoms with Gasteiger partial charge in [-0.25, -0.2) is 15.5 Å². The summed E-state index contributed by atoms with van der Waals surface area (Å²) in [6.07, 6.45) is 0. The van der Waals surface area contributed by atoms with Gasteiger partial charge in [-0.05, 0) is 19.1 Å². The predicted octanol–water partition coefficient (Wildman–Crippen LogP) is 1.75. The van der Waals surface area contributed by atoms with E-state index >= 15 is 0 Å². The summed E-state index contributed by atoms with van der Waals surface area (Å²) in [4.78, 5) is 8.53. The topological polar surface area (TPSA) is 90.9 Å². The fraction of sp³-hybridized carbons (Fsp3) is 0.154. The van der Waals surface area contributed by atoms with E-state index in [9.17, 15) is 0 Å². The van der Waals surface area contributed by atoms with Crippen LogP contribution < -0.4 is 16.0 Å². The number of hydrazine groups is 1. The van der Waals surface area contributed by atoms with Crippen LogP contribution in [0, 0.1) is 6.92 Å². The molecule has 0 atom stereocenters. The van der Waals surface area contributed by atoms with E-state index in [0.717, 1.165) is 16.6 Å². The summed E-state index contributed by atoms with van der Waals surface area (Å²) in [6, 6.07) is 9.41. The van der Waals surface area contributed by atoms with E-state index < -0.39 is 0 Å². The molecule has 2 aromatic heterocycles. The van der Waals surface area contributed by atoms with Gasteiger partial charge in [-0.2, -0.15) is 10.1 Å². The van der Waals surface area contributed by atoms with Crippen molar-refractivity contribution in [2.45, 2.75) is 6.92 Å². The lowest BCUT2D eigenvalue weighted by Crippen LogP contribution is -2.11. The normalized spacial score (nSPS) is 10.8. The first-order valence-corrected chi connectivity index (χ1v) is 6.09. The van der Waals surface area contributed by atoms with Gasteiger partial charge in [0, 0.05) is 13.1 Å². The Bertz CT molecular complexity index is 767. The number of ether oxygens (including phenoxy) is 1. The molecule has 3 rings (SSSR count). The minimum Gasteiger partial charge on any atom is -0.420 e. The van der Waals surface area contributed by atoms with Gasteiger partial charge in [0.15, 0.2) is 0 Å². The number of para-hydroxylation sites is 1. The molecule has 0 fully saturated rings. The minimum absolute atomic E-state index is 0.303. The Kier molecular flexibility index (Phi) is 2.96. The van der Waals surface area contributed by atoms with E-state index in [2.05, 4.69) is 20.5 Å². The molecule has 0 aliphatic carbocycles. The third kappa shape index (κ3) is 2.14. The SMILES string of the molecule is Cc1cc(Oc2nc(NN)nc3ccccc23)n(C)n1. The lowest BCUT2D eigenvalue weighted by Gasteiger charge is -2.09. The molecule has 0 radical (unpaired) electrons. The molecule has 0 unspecified atom stereocenters. The number of fused-ring (bicyclic) bond motifs is 1. The molecule has 102 valence electrons. The monoisotopic (exact) mass is 270 g/mol. The number of rotatable bonds is 3. The molecule has 7 heteroatoms. The molecule has 0 saturated heterocycles. The lowest BCUT2D eigenvalue weighted by molar-refractivity contribution is 0.420. The number of anilines is 1. The van der Waals surface area contributed by atoms with Gasteiger partial charge in [-0.3, -0.25) is 5.43 Å². The smallest absolute Gasteiger partial charge is 0.241 e. The van der Waals surface area contributed by atoms with Gasteiger partial charge in [-0.15, -0.1) is 0 Å². The molecule has 0 saturated carbocycles. The summed E-state index contributed by atoms with van der Waals surface area (Å²) >= 11 is 0. The quantitative estimate of drug-likeness (QED) is 0.556. The first-order chi connectivity index (χ1) is 9.67. The number of nitrogens with one attached hydrogen (secondary N) is 1. The van der Waals surface area contributed by atoms with Gasteiger partial charge in [0.25, 0.3) is 0 Å². The van der Waals surface area contributed by atoms with Crippen molar-refractivity contribution in [3.05, 3.63) is 36.0 Å². The van der Waals surface area contributed by atoms with E-state index in [0.29, 0.717) is 17.7 Å². The molecular formula is C13H14N6O. The standard InChI is InChI=1S/C13H14N6O/c1-8-7-11(19(2)18-8)20-12-9-5-3-4-6-10(9)15-13(16-12)17-14/h3-7H,14H2,1-2H3,(H,15,16,17). The molecule has 0 aliphatic rings. The van der Waals surface area contributed by atoms with Crippen LogP contribution in [-0.4, -0.2) is 19.7 Å². The third-order valence-corrected chi connectivity index (χ3v) is 2.86. The Hall–Kier alpha value is -2.67. The van der Waals surface area contributed by atoms with Gasteiger partial charge < -0.3 is 4.74 Å². The molecule has 1 aromatic carbocycles. The highest BCUT2D eigenvalue weighted by Crippen LogP contribution is 2.28. The van der Waals surface area contributed by atoms with E-state index in [1.165, 1.54) is 0 Å². The zero-order valence-corrected chi connectivity index (χ0v) is 11.2. The van der Waals surface area contributed by atoms with Crippen molar-refractivity contribution in [1.29, 1.82) is 0 Å². The number of nitrogen functional groups attached to an aromatic ring is 1. The number of hydrogen-bond acceptors (Lipinski definition) is 6. The largest absolute Gasteiger partial charge is 0.420 e. The third-order valence-electron chi connectivity index (χ3n) is 2.86. The van der Waals surface area contributed by atoms with Crippen molar-refractivity contribution in [3.63, 3.8) is 0 Å². The van der Waals surface area contributed by atoms with Crippen LogP contribution in [0.1, 0.15) is 5.69 Å². The summed E-state index contributed by atoms with van der Waals surface area (Å²) in [6.45, 7) is 1.90. The number of benzene rings is 1. The van der Waals surface area contributed by atoms with Crippen molar-refractivity contribution in [3.8, 4) is 11.8 Å². The zero-order valence-electron chi connectivity index (χ0n) is 11.2. The van der Waals surface area contributed by atoms with Crippen LogP contribution in [-0.2, 0) is 7.05 Å². The maximum Gasteiger partial charge on any atom is 0.241 e. The Morgan fingerprint density at radius 1 is 1.25 bits per heavy atom. The highest BCUT2D eigenvalue weighted by Gasteiger charge is 2.11. The Morgan fingerprint density at radius 3 is 2.75 bits per heavy atom. The summed E-state index contributed by atoms with van der Waals surface area (Å²) < 4.78 is 7.49. The highest BCUT2D eigenvalue weighted by atomic mass is 16.5. The second-order valence-corrected chi connectivity index (χ2v) is 4.36. The van der Waals surface area contributed by atoms with E-state index in [4.69, 9.17) is 10.6 Å². The van der Waals surface area contributed by atoms with Crippen LogP contribution in [0.4, 0.5) is 5.95 Å². The van der Waals surface area contributed by atoms with E-state index in [1.54, 1.807) is 4.68 Å². The van der Waals surface area contributed by atoms with E-state index in [1.807, 2.05) is 44.3 Å². The number of aromatic nitrogens is 4. The summed E-state index contributed by atoms with van der Waals surface area (Å²) in [5, 5.41) is 5.05. The number of nitrogens with two attached hydrogens (primary N) is 1. The summed E-state index contributed by atoms with van der Waals surface area (Å²) in [5.41, 5.74) is 4.07. The van der Waals surface area contributed by atoms with Gasteiger partial charge in [0.1, 0.15) is 0 Å². The second-order valence-electron chi connectivity index (χ2n) is 4.36. The highest BCUT2D eigenvalue weighted by molar-refractivity contribution is 5.84. The molecule has 3 N–H and O–H groups in total. The number of hydrogen-bond donors (Lipinski definition) is 2. The zero-order chi connectivity index (χ0) is 14.1. The van der Waals surface area contributed by atoms with E-state index in [-0.39, 0.29) is 0 Å². The minimum atomic E-state index is 0.303. The molecule has 0 spiro atoms. The molecule has 3 aromatic rings.